The van der Waals surface area contributed by atoms with Crippen LogP contribution in [0.15, 0.2) is 54.6 Å². The van der Waals surface area contributed by atoms with Crippen LogP contribution in [0.3, 0.4) is 0 Å². The summed E-state index contributed by atoms with van der Waals surface area (Å²) in [7, 11) is 1.55. The van der Waals surface area contributed by atoms with Crippen LogP contribution in [0.2, 0.25) is 0 Å². The van der Waals surface area contributed by atoms with Crippen molar-refractivity contribution >= 4 is 16.9 Å². The predicted molar refractivity (Wildman–Crippen MR) is 98.3 cm³/mol. The Labute approximate surface area is 147 Å². The molecule has 1 N–H and O–H groups in total. The predicted octanol–water partition coefficient (Wildman–Crippen LogP) is 3.10. The fourth-order valence-electron chi connectivity index (χ4n) is 3.08. The summed E-state index contributed by atoms with van der Waals surface area (Å²) in [6, 6.07) is 17.6. The normalized spacial score (nSPS) is 12.2. The van der Waals surface area contributed by atoms with Crippen molar-refractivity contribution in [2.75, 3.05) is 13.7 Å². The van der Waals surface area contributed by atoms with Crippen molar-refractivity contribution in [1.29, 1.82) is 0 Å². The molecule has 5 heteroatoms. The summed E-state index contributed by atoms with van der Waals surface area (Å²) in [4.78, 5) is 17.1. The van der Waals surface area contributed by atoms with E-state index < -0.39 is 6.10 Å². The first-order chi connectivity index (χ1) is 12.2. The summed E-state index contributed by atoms with van der Waals surface area (Å²) in [6.07, 6.45) is 0.0886. The fourth-order valence-corrected chi connectivity index (χ4v) is 3.08. The molecule has 2 aromatic carbocycles. The number of methoxy groups -OCH3 is 1. The van der Waals surface area contributed by atoms with Gasteiger partial charge >= 0.3 is 0 Å². The lowest BCUT2D eigenvalue weighted by molar-refractivity contribution is -0.131. The Kier molecular flexibility index (Phi) is 5.46. The Balaban J connectivity index is 1.65. The lowest BCUT2D eigenvalue weighted by Gasteiger charge is -2.15. The standard InChI is InChI=1S/C20H23N3O2/c1-3-23-17-12-8-7-11-16(17)22-18(23)13-14-21-20(24)19(25-2)15-9-5-4-6-10-15/h4-12,19H,3,13-14H2,1-2H3,(H,21,24). The first kappa shape index (κ1) is 17.2. The van der Waals surface area contributed by atoms with Gasteiger partial charge in [-0.2, -0.15) is 0 Å². The van der Waals surface area contributed by atoms with Crippen molar-refractivity contribution in [1.82, 2.24) is 14.9 Å². The number of amides is 1. The van der Waals surface area contributed by atoms with Gasteiger partial charge in [-0.1, -0.05) is 42.5 Å². The van der Waals surface area contributed by atoms with Crippen LogP contribution in [0, 0.1) is 0 Å². The SMILES string of the molecule is CCn1c(CCNC(=O)C(OC)c2ccccc2)nc2ccccc21. The zero-order chi connectivity index (χ0) is 17.6. The number of imidazole rings is 1. The molecular weight excluding hydrogens is 314 g/mol. The van der Waals surface area contributed by atoms with Crippen LogP contribution < -0.4 is 5.32 Å². The molecular formula is C20H23N3O2. The molecule has 0 aliphatic rings. The smallest absolute Gasteiger partial charge is 0.253 e. The molecule has 0 aliphatic carbocycles. The molecule has 0 aliphatic heterocycles. The van der Waals surface area contributed by atoms with E-state index in [1.54, 1.807) is 7.11 Å². The van der Waals surface area contributed by atoms with Crippen molar-refractivity contribution in [2.24, 2.45) is 0 Å². The van der Waals surface area contributed by atoms with E-state index in [1.807, 2.05) is 48.5 Å². The highest BCUT2D eigenvalue weighted by Gasteiger charge is 2.19. The van der Waals surface area contributed by atoms with E-state index in [-0.39, 0.29) is 5.91 Å². The summed E-state index contributed by atoms with van der Waals surface area (Å²) >= 11 is 0. The van der Waals surface area contributed by atoms with Crippen molar-refractivity contribution in [2.45, 2.75) is 26.0 Å². The number of carbonyl (C=O) groups excluding carboxylic acids is 1. The zero-order valence-electron chi connectivity index (χ0n) is 14.6. The Morgan fingerprint density at radius 1 is 1.16 bits per heavy atom. The molecule has 0 saturated heterocycles. The molecule has 1 amide bonds. The molecule has 0 fully saturated rings. The minimum atomic E-state index is -0.591. The molecule has 0 saturated carbocycles. The number of hydrogen-bond acceptors (Lipinski definition) is 3. The molecule has 0 spiro atoms. The highest BCUT2D eigenvalue weighted by Crippen LogP contribution is 2.17. The lowest BCUT2D eigenvalue weighted by atomic mass is 10.1. The monoisotopic (exact) mass is 337 g/mol. The maximum absolute atomic E-state index is 12.4. The van der Waals surface area contributed by atoms with Gasteiger partial charge in [-0.25, -0.2) is 4.98 Å². The molecule has 1 unspecified atom stereocenters. The molecule has 1 aromatic heterocycles. The van der Waals surface area contributed by atoms with Gasteiger partial charge in [0.25, 0.3) is 5.91 Å². The minimum Gasteiger partial charge on any atom is -0.367 e. The molecule has 1 heterocycles. The van der Waals surface area contributed by atoms with Crippen molar-refractivity contribution < 1.29 is 9.53 Å². The highest BCUT2D eigenvalue weighted by molar-refractivity contribution is 5.82. The number of nitrogens with one attached hydrogen (secondary N) is 1. The first-order valence-electron chi connectivity index (χ1n) is 8.54. The number of ether oxygens (including phenoxy) is 1. The average Bonchev–Trinajstić information content (AvgIpc) is 3.00. The number of nitrogens with zero attached hydrogens (tertiary/aromatic N) is 2. The van der Waals surface area contributed by atoms with Gasteiger partial charge in [0.05, 0.1) is 11.0 Å². The Morgan fingerprint density at radius 2 is 1.88 bits per heavy atom. The second-order valence-electron chi connectivity index (χ2n) is 5.83. The molecule has 0 bridgehead atoms. The number of fused-ring (bicyclic) bond motifs is 1. The second kappa shape index (κ2) is 7.94. The van der Waals surface area contributed by atoms with Crippen LogP contribution >= 0.6 is 0 Å². The number of rotatable bonds is 7. The third-order valence-corrected chi connectivity index (χ3v) is 4.27. The summed E-state index contributed by atoms with van der Waals surface area (Å²) < 4.78 is 7.55. The molecule has 130 valence electrons. The van der Waals surface area contributed by atoms with Gasteiger partial charge in [-0.15, -0.1) is 0 Å². The summed E-state index contributed by atoms with van der Waals surface area (Å²) in [5.74, 6) is 0.852. The number of carbonyl (C=O) groups is 1. The van der Waals surface area contributed by atoms with Crippen LogP contribution in [-0.2, 0) is 22.5 Å². The number of aromatic nitrogens is 2. The highest BCUT2D eigenvalue weighted by atomic mass is 16.5. The number of aryl methyl sites for hydroxylation is 1. The molecule has 5 nitrogen and oxygen atoms in total. The van der Waals surface area contributed by atoms with Crippen molar-refractivity contribution in [3.8, 4) is 0 Å². The number of para-hydroxylation sites is 2. The third-order valence-electron chi connectivity index (χ3n) is 4.27. The van der Waals surface area contributed by atoms with E-state index in [0.29, 0.717) is 13.0 Å². The van der Waals surface area contributed by atoms with Crippen LogP contribution in [0.25, 0.3) is 11.0 Å². The van der Waals surface area contributed by atoms with Gasteiger partial charge in [0, 0.05) is 26.6 Å². The molecule has 3 aromatic rings. The average molecular weight is 337 g/mol. The Hall–Kier alpha value is -2.66. The first-order valence-corrected chi connectivity index (χ1v) is 8.54. The van der Waals surface area contributed by atoms with Crippen LogP contribution in [0.1, 0.15) is 24.4 Å². The maximum Gasteiger partial charge on any atom is 0.253 e. The van der Waals surface area contributed by atoms with E-state index in [4.69, 9.17) is 4.74 Å². The minimum absolute atomic E-state index is 0.132. The van der Waals surface area contributed by atoms with Crippen LogP contribution in [-0.4, -0.2) is 29.1 Å². The largest absolute Gasteiger partial charge is 0.367 e. The summed E-state index contributed by atoms with van der Waals surface area (Å²) in [5.41, 5.74) is 2.97. The van der Waals surface area contributed by atoms with Gasteiger partial charge < -0.3 is 14.6 Å². The van der Waals surface area contributed by atoms with Crippen molar-refractivity contribution in [3.05, 3.63) is 66.0 Å². The molecule has 0 radical (unpaired) electrons. The van der Waals surface area contributed by atoms with Crippen LogP contribution in [0.4, 0.5) is 0 Å². The summed E-state index contributed by atoms with van der Waals surface area (Å²) in [6.45, 7) is 3.48. The van der Waals surface area contributed by atoms with Crippen LogP contribution in [0.5, 0.6) is 0 Å². The van der Waals surface area contributed by atoms with Gasteiger partial charge in [0.15, 0.2) is 6.10 Å². The topological polar surface area (TPSA) is 56.2 Å². The third kappa shape index (κ3) is 3.72. The molecule has 3 rings (SSSR count). The number of hydrogen-bond donors (Lipinski definition) is 1. The van der Waals surface area contributed by atoms with E-state index in [1.165, 1.54) is 0 Å². The second-order valence-corrected chi connectivity index (χ2v) is 5.83. The van der Waals surface area contributed by atoms with Gasteiger partial charge in [-0.3, -0.25) is 4.79 Å². The summed E-state index contributed by atoms with van der Waals surface area (Å²) in [5, 5.41) is 2.96. The Morgan fingerprint density at radius 3 is 2.60 bits per heavy atom. The van der Waals surface area contributed by atoms with Gasteiger partial charge in [-0.05, 0) is 24.6 Å². The lowest BCUT2D eigenvalue weighted by Crippen LogP contribution is -2.32. The van der Waals surface area contributed by atoms with E-state index in [2.05, 4.69) is 27.9 Å². The van der Waals surface area contributed by atoms with E-state index in [0.717, 1.165) is 29.0 Å². The zero-order valence-corrected chi connectivity index (χ0v) is 14.6. The van der Waals surface area contributed by atoms with Gasteiger partial charge in [0.1, 0.15) is 5.82 Å². The van der Waals surface area contributed by atoms with Gasteiger partial charge in [0.2, 0.25) is 0 Å². The Bertz CT molecular complexity index is 843. The molecule has 1 atom stereocenters. The maximum atomic E-state index is 12.4. The number of benzene rings is 2. The van der Waals surface area contributed by atoms with Crippen molar-refractivity contribution in [3.63, 3.8) is 0 Å². The van der Waals surface area contributed by atoms with E-state index in [9.17, 15) is 4.79 Å². The fraction of sp³-hybridized carbons (Fsp3) is 0.300. The van der Waals surface area contributed by atoms with E-state index >= 15 is 0 Å². The quantitative estimate of drug-likeness (QED) is 0.721. The molecule has 25 heavy (non-hydrogen) atoms.